The van der Waals surface area contributed by atoms with Gasteiger partial charge in [-0.15, -0.1) is 0 Å². The van der Waals surface area contributed by atoms with Crippen LogP contribution in [0, 0.1) is 11.6 Å². The average Bonchev–Trinajstić information content (AvgIpc) is 2.70. The topological polar surface area (TPSA) is 84.0 Å². The second-order valence-electron chi connectivity index (χ2n) is 4.98. The first kappa shape index (κ1) is 13.6. The third-order valence-corrected chi connectivity index (χ3v) is 3.15. The molecule has 0 saturated heterocycles. The van der Waals surface area contributed by atoms with Crippen molar-refractivity contribution in [2.45, 2.75) is 31.9 Å². The van der Waals surface area contributed by atoms with Gasteiger partial charge >= 0.3 is 0 Å². The molecule has 0 radical (unpaired) electrons. The number of fused-ring (bicyclic) bond motifs is 1. The molecule has 1 aromatic rings. The van der Waals surface area contributed by atoms with Gasteiger partial charge in [0.2, 0.25) is 0 Å². The summed E-state index contributed by atoms with van der Waals surface area (Å²) in [6.07, 6.45) is 0.144. The van der Waals surface area contributed by atoms with Gasteiger partial charge in [0.05, 0.1) is 6.54 Å². The second-order valence-corrected chi connectivity index (χ2v) is 4.98. The molecule has 0 spiro atoms. The van der Waals surface area contributed by atoms with E-state index in [4.69, 9.17) is 16.0 Å². The van der Waals surface area contributed by atoms with Gasteiger partial charge in [-0.2, -0.15) is 0 Å². The van der Waals surface area contributed by atoms with Crippen molar-refractivity contribution in [2.75, 3.05) is 6.54 Å². The van der Waals surface area contributed by atoms with E-state index in [0.29, 0.717) is 5.56 Å². The molecular formula is C12H14F2N4O. The van der Waals surface area contributed by atoms with Crippen LogP contribution in [-0.4, -0.2) is 12.1 Å². The minimum absolute atomic E-state index is 0.0393. The first-order valence-electron chi connectivity index (χ1n) is 5.84. The number of benzene rings is 1. The van der Waals surface area contributed by atoms with Crippen LogP contribution in [-0.2, 0) is 6.42 Å². The molecule has 1 heterocycles. The molecule has 0 aromatic heterocycles. The van der Waals surface area contributed by atoms with Crippen molar-refractivity contribution in [1.82, 2.24) is 0 Å². The fourth-order valence-electron chi connectivity index (χ4n) is 2.23. The molecule has 0 bridgehead atoms. The van der Waals surface area contributed by atoms with Gasteiger partial charge in [-0.1, -0.05) is 5.11 Å². The Morgan fingerprint density at radius 2 is 2.32 bits per heavy atom. The molecule has 2 rings (SSSR count). The van der Waals surface area contributed by atoms with E-state index < -0.39 is 23.3 Å². The summed E-state index contributed by atoms with van der Waals surface area (Å²) in [6, 6.07) is 0.573. The largest absolute Gasteiger partial charge is 0.486 e. The molecule has 2 N–H and O–H groups in total. The Balaban J connectivity index is 2.49. The molecule has 7 heteroatoms. The van der Waals surface area contributed by atoms with Crippen LogP contribution >= 0.6 is 0 Å². The van der Waals surface area contributed by atoms with Gasteiger partial charge in [0.25, 0.3) is 0 Å². The minimum Gasteiger partial charge on any atom is -0.486 e. The first-order valence-corrected chi connectivity index (χ1v) is 5.84. The summed E-state index contributed by atoms with van der Waals surface area (Å²) in [5.41, 5.74) is 13.8. The van der Waals surface area contributed by atoms with Gasteiger partial charge in [-0.3, -0.25) is 0 Å². The van der Waals surface area contributed by atoms with Gasteiger partial charge < -0.3 is 10.5 Å². The van der Waals surface area contributed by atoms with E-state index in [1.807, 2.05) is 0 Å². The maximum absolute atomic E-state index is 13.8. The Labute approximate surface area is 109 Å². The lowest BCUT2D eigenvalue weighted by atomic mass is 9.96. The SMILES string of the molecule is C[C@@H](N)c1cc(F)c(F)c2c1OC(C)(CN=[N+]=[N-])C2. The number of nitrogens with zero attached hydrogens (tertiary/aromatic N) is 3. The van der Waals surface area contributed by atoms with Crippen LogP contribution in [0.2, 0.25) is 0 Å². The number of ether oxygens (including phenoxy) is 1. The van der Waals surface area contributed by atoms with Crippen LogP contribution in [0.1, 0.15) is 31.0 Å². The van der Waals surface area contributed by atoms with Gasteiger partial charge in [-0.25, -0.2) is 8.78 Å². The number of nitrogens with two attached hydrogens (primary N) is 1. The van der Waals surface area contributed by atoms with Crippen LogP contribution in [0.3, 0.4) is 0 Å². The molecular weight excluding hydrogens is 254 g/mol. The van der Waals surface area contributed by atoms with E-state index in [0.717, 1.165) is 6.07 Å². The normalized spacial score (nSPS) is 22.4. The van der Waals surface area contributed by atoms with Crippen molar-refractivity contribution in [2.24, 2.45) is 10.8 Å². The van der Waals surface area contributed by atoms with E-state index >= 15 is 0 Å². The number of azide groups is 1. The zero-order valence-electron chi connectivity index (χ0n) is 10.7. The Morgan fingerprint density at radius 3 is 2.89 bits per heavy atom. The van der Waals surface area contributed by atoms with Crippen LogP contribution in [0.5, 0.6) is 5.75 Å². The second kappa shape index (κ2) is 4.68. The molecule has 1 unspecified atom stereocenters. The zero-order chi connectivity index (χ0) is 14.2. The van der Waals surface area contributed by atoms with Crippen LogP contribution < -0.4 is 10.5 Å². The maximum atomic E-state index is 13.8. The molecule has 1 aliphatic rings. The molecule has 102 valence electrons. The highest BCUT2D eigenvalue weighted by Crippen LogP contribution is 2.42. The van der Waals surface area contributed by atoms with Crippen molar-refractivity contribution in [3.8, 4) is 5.75 Å². The van der Waals surface area contributed by atoms with Crippen molar-refractivity contribution in [3.63, 3.8) is 0 Å². The lowest BCUT2D eigenvalue weighted by molar-refractivity contribution is 0.124. The van der Waals surface area contributed by atoms with Gasteiger partial charge in [0, 0.05) is 28.5 Å². The lowest BCUT2D eigenvalue weighted by Gasteiger charge is -2.22. The molecule has 19 heavy (non-hydrogen) atoms. The fraction of sp³-hybridized carbons (Fsp3) is 0.500. The van der Waals surface area contributed by atoms with Gasteiger partial charge in [0.1, 0.15) is 11.4 Å². The lowest BCUT2D eigenvalue weighted by Crippen LogP contribution is -2.33. The standard InChI is InChI=1S/C12H14F2N4O/c1-6(15)7-3-9(13)10(14)8-4-12(2,5-17-18-16)19-11(7)8/h3,6H,4-5,15H2,1-2H3/t6-,12?/m1/s1. The van der Waals surface area contributed by atoms with E-state index in [2.05, 4.69) is 10.0 Å². The van der Waals surface area contributed by atoms with E-state index in [-0.39, 0.29) is 24.3 Å². The molecule has 0 saturated carbocycles. The summed E-state index contributed by atoms with van der Waals surface area (Å²) >= 11 is 0. The Hall–Kier alpha value is -1.85. The number of halogens is 2. The summed E-state index contributed by atoms with van der Waals surface area (Å²) in [5.74, 6) is -1.60. The average molecular weight is 268 g/mol. The van der Waals surface area contributed by atoms with Crippen molar-refractivity contribution < 1.29 is 13.5 Å². The molecule has 5 nitrogen and oxygen atoms in total. The molecule has 1 aromatic carbocycles. The highest BCUT2D eigenvalue weighted by molar-refractivity contribution is 5.48. The molecule has 1 aliphatic heterocycles. The third-order valence-electron chi connectivity index (χ3n) is 3.15. The number of hydrogen-bond acceptors (Lipinski definition) is 3. The smallest absolute Gasteiger partial charge is 0.165 e. The highest BCUT2D eigenvalue weighted by atomic mass is 19.2. The first-order chi connectivity index (χ1) is 8.88. The number of hydrogen-bond donors (Lipinski definition) is 1. The van der Waals surface area contributed by atoms with Gasteiger partial charge in [0.15, 0.2) is 11.6 Å². The fourth-order valence-corrected chi connectivity index (χ4v) is 2.23. The quantitative estimate of drug-likeness (QED) is 0.519. The predicted octanol–water partition coefficient (Wildman–Crippen LogP) is 2.99. The van der Waals surface area contributed by atoms with Crippen molar-refractivity contribution in [3.05, 3.63) is 39.3 Å². The summed E-state index contributed by atoms with van der Waals surface area (Å²) in [5, 5.41) is 3.44. The Kier molecular flexibility index (Phi) is 3.34. The molecule has 0 fully saturated rings. The summed E-state index contributed by atoms with van der Waals surface area (Å²) in [4.78, 5) is 2.66. The van der Waals surface area contributed by atoms with Crippen LogP contribution in [0.15, 0.2) is 11.2 Å². The summed E-state index contributed by atoms with van der Waals surface area (Å²) < 4.78 is 33.0. The predicted molar refractivity (Wildman–Crippen MR) is 65.7 cm³/mol. The monoisotopic (exact) mass is 268 g/mol. The minimum atomic E-state index is -0.942. The van der Waals surface area contributed by atoms with Crippen molar-refractivity contribution >= 4 is 0 Å². The molecule has 0 amide bonds. The highest BCUT2D eigenvalue weighted by Gasteiger charge is 2.39. The summed E-state index contributed by atoms with van der Waals surface area (Å²) in [6.45, 7) is 3.39. The van der Waals surface area contributed by atoms with E-state index in [1.54, 1.807) is 13.8 Å². The van der Waals surface area contributed by atoms with Crippen LogP contribution in [0.4, 0.5) is 8.78 Å². The Morgan fingerprint density at radius 1 is 1.63 bits per heavy atom. The molecule has 0 aliphatic carbocycles. The van der Waals surface area contributed by atoms with E-state index in [9.17, 15) is 8.78 Å². The maximum Gasteiger partial charge on any atom is 0.165 e. The third kappa shape index (κ3) is 2.34. The zero-order valence-corrected chi connectivity index (χ0v) is 10.7. The summed E-state index contributed by atoms with van der Waals surface area (Å²) in [7, 11) is 0. The Bertz CT molecular complexity index is 569. The van der Waals surface area contributed by atoms with Crippen LogP contribution in [0.25, 0.3) is 10.4 Å². The van der Waals surface area contributed by atoms with E-state index in [1.165, 1.54) is 0 Å². The van der Waals surface area contributed by atoms with Gasteiger partial charge in [-0.05, 0) is 25.4 Å². The number of rotatable bonds is 3. The molecule has 2 atom stereocenters. The van der Waals surface area contributed by atoms with Crippen molar-refractivity contribution in [1.29, 1.82) is 0 Å².